The lowest BCUT2D eigenvalue weighted by atomic mass is 10.2. The van der Waals surface area contributed by atoms with E-state index in [4.69, 9.17) is 5.73 Å². The summed E-state index contributed by atoms with van der Waals surface area (Å²) in [5.41, 5.74) is 5.24. The number of hydrogen-bond acceptors (Lipinski definition) is 4. The fourth-order valence-electron chi connectivity index (χ4n) is 1.56. The van der Waals surface area contributed by atoms with Crippen molar-refractivity contribution in [3.8, 4) is 0 Å². The predicted molar refractivity (Wildman–Crippen MR) is 75.9 cm³/mol. The molecule has 0 amide bonds. The highest BCUT2D eigenvalue weighted by Gasteiger charge is 2.04. The molecule has 0 aliphatic carbocycles. The molecule has 0 aliphatic heterocycles. The van der Waals surface area contributed by atoms with Gasteiger partial charge < -0.3 is 11.1 Å². The topological polar surface area (TPSA) is 83.8 Å². The summed E-state index contributed by atoms with van der Waals surface area (Å²) in [4.78, 5) is 11.5. The molecule has 18 heavy (non-hydrogen) atoms. The first kappa shape index (κ1) is 14.2. The number of fused-ring (bicyclic) bond motifs is 1. The molecular weight excluding hydrogens is 228 g/mol. The van der Waals surface area contributed by atoms with Crippen LogP contribution in [0.2, 0.25) is 0 Å². The molecule has 0 radical (unpaired) electrons. The number of H-pyrrole nitrogens is 1. The van der Waals surface area contributed by atoms with E-state index < -0.39 is 0 Å². The molecule has 0 spiro atoms. The van der Waals surface area contributed by atoms with Crippen LogP contribution < -0.4 is 16.6 Å². The van der Waals surface area contributed by atoms with E-state index in [2.05, 4.69) is 15.5 Å². The van der Waals surface area contributed by atoms with Crippen molar-refractivity contribution in [1.82, 2.24) is 10.2 Å². The molecule has 5 heteroatoms. The summed E-state index contributed by atoms with van der Waals surface area (Å²) in [5, 5.41) is 11.1. The van der Waals surface area contributed by atoms with E-state index >= 15 is 0 Å². The lowest BCUT2D eigenvalue weighted by Gasteiger charge is -2.06. The van der Waals surface area contributed by atoms with Crippen LogP contribution in [0.4, 0.5) is 5.82 Å². The molecule has 0 atom stereocenters. The second-order valence-corrected chi connectivity index (χ2v) is 3.52. The zero-order chi connectivity index (χ0) is 13.4. The van der Waals surface area contributed by atoms with Crippen molar-refractivity contribution in [2.75, 3.05) is 18.4 Å². The van der Waals surface area contributed by atoms with E-state index in [0.717, 1.165) is 18.4 Å². The Hall–Kier alpha value is -1.88. The van der Waals surface area contributed by atoms with Crippen molar-refractivity contribution in [3.05, 3.63) is 34.6 Å². The van der Waals surface area contributed by atoms with E-state index in [9.17, 15) is 4.79 Å². The van der Waals surface area contributed by atoms with Gasteiger partial charge >= 0.3 is 0 Å². The van der Waals surface area contributed by atoms with Crippen LogP contribution in [0, 0.1) is 0 Å². The number of benzene rings is 1. The molecule has 1 heterocycles. The predicted octanol–water partition coefficient (Wildman–Crippen LogP) is 1.71. The van der Waals surface area contributed by atoms with Gasteiger partial charge in [-0.05, 0) is 19.0 Å². The summed E-state index contributed by atoms with van der Waals surface area (Å²) < 4.78 is 0. The van der Waals surface area contributed by atoms with Crippen molar-refractivity contribution in [3.63, 3.8) is 0 Å². The minimum Gasteiger partial charge on any atom is -0.368 e. The molecule has 98 valence electrons. The Balaban J connectivity index is 0.000000771. The molecule has 0 bridgehead atoms. The summed E-state index contributed by atoms with van der Waals surface area (Å²) in [7, 11) is 0. The average molecular weight is 248 g/mol. The van der Waals surface area contributed by atoms with Gasteiger partial charge in [0.05, 0.1) is 5.39 Å². The maximum absolute atomic E-state index is 11.5. The number of rotatable bonds is 4. The standard InChI is InChI=1S/C11H14N4O.C2H6/c12-6-3-7-13-10-8-4-1-2-5-9(8)11(16)15-14-10;1-2/h1-2,4-5H,3,6-7,12H2,(H,13,14)(H,15,16);1-2H3. The van der Waals surface area contributed by atoms with Crippen LogP contribution >= 0.6 is 0 Å². The molecule has 1 aromatic carbocycles. The maximum atomic E-state index is 11.5. The molecule has 4 N–H and O–H groups in total. The Bertz CT molecular complexity index is 536. The molecule has 0 unspecified atom stereocenters. The largest absolute Gasteiger partial charge is 0.368 e. The normalized spacial score (nSPS) is 9.72. The van der Waals surface area contributed by atoms with Gasteiger partial charge in [0.2, 0.25) is 0 Å². The van der Waals surface area contributed by atoms with Gasteiger partial charge in [-0.25, -0.2) is 5.10 Å². The van der Waals surface area contributed by atoms with Crippen molar-refractivity contribution in [2.24, 2.45) is 5.73 Å². The van der Waals surface area contributed by atoms with E-state index in [1.807, 2.05) is 32.0 Å². The Morgan fingerprint density at radius 2 is 1.94 bits per heavy atom. The molecule has 2 aromatic rings. The second-order valence-electron chi connectivity index (χ2n) is 3.52. The van der Waals surface area contributed by atoms with Crippen LogP contribution in [0.25, 0.3) is 10.8 Å². The number of aromatic amines is 1. The molecular formula is C13H20N4O. The number of aromatic nitrogens is 2. The number of nitrogens with two attached hydrogens (primary N) is 1. The Kier molecular flexibility index (Phi) is 5.87. The zero-order valence-corrected chi connectivity index (χ0v) is 10.9. The fraction of sp³-hybridized carbons (Fsp3) is 0.385. The molecule has 0 aliphatic rings. The summed E-state index contributed by atoms with van der Waals surface area (Å²) in [5.74, 6) is 0.698. The third kappa shape index (κ3) is 3.30. The molecule has 0 saturated carbocycles. The van der Waals surface area contributed by atoms with Gasteiger partial charge in [-0.1, -0.05) is 32.0 Å². The monoisotopic (exact) mass is 248 g/mol. The Morgan fingerprint density at radius 1 is 1.28 bits per heavy atom. The smallest absolute Gasteiger partial charge is 0.272 e. The highest BCUT2D eigenvalue weighted by atomic mass is 16.1. The van der Waals surface area contributed by atoms with Gasteiger partial charge in [-0.2, -0.15) is 5.10 Å². The molecule has 5 nitrogen and oxygen atoms in total. The van der Waals surface area contributed by atoms with Crippen molar-refractivity contribution >= 4 is 16.6 Å². The molecule has 2 rings (SSSR count). The van der Waals surface area contributed by atoms with Crippen LogP contribution in [-0.4, -0.2) is 23.3 Å². The first-order valence-corrected chi connectivity index (χ1v) is 6.24. The van der Waals surface area contributed by atoms with E-state index in [-0.39, 0.29) is 5.56 Å². The van der Waals surface area contributed by atoms with E-state index in [1.165, 1.54) is 0 Å². The van der Waals surface area contributed by atoms with Crippen LogP contribution in [-0.2, 0) is 0 Å². The van der Waals surface area contributed by atoms with Crippen LogP contribution in [0.5, 0.6) is 0 Å². The van der Waals surface area contributed by atoms with Crippen molar-refractivity contribution < 1.29 is 0 Å². The molecule has 0 saturated heterocycles. The third-order valence-corrected chi connectivity index (χ3v) is 2.37. The Morgan fingerprint density at radius 3 is 2.61 bits per heavy atom. The fourth-order valence-corrected chi connectivity index (χ4v) is 1.56. The van der Waals surface area contributed by atoms with E-state index in [0.29, 0.717) is 17.7 Å². The van der Waals surface area contributed by atoms with Gasteiger partial charge in [0, 0.05) is 11.9 Å². The lowest BCUT2D eigenvalue weighted by molar-refractivity contribution is 0.864. The lowest BCUT2D eigenvalue weighted by Crippen LogP contribution is -2.14. The summed E-state index contributed by atoms with van der Waals surface area (Å²) in [6, 6.07) is 7.38. The van der Waals surface area contributed by atoms with Crippen LogP contribution in [0.1, 0.15) is 20.3 Å². The quantitative estimate of drug-likeness (QED) is 0.719. The number of hydrogen-bond donors (Lipinski definition) is 3. The average Bonchev–Trinajstić information content (AvgIpc) is 2.44. The SMILES string of the molecule is CC.NCCCNc1n[nH]c(=O)c2ccccc12. The first-order chi connectivity index (χ1) is 8.83. The van der Waals surface area contributed by atoms with E-state index in [1.54, 1.807) is 6.07 Å². The minimum atomic E-state index is -0.167. The van der Waals surface area contributed by atoms with Crippen LogP contribution in [0.3, 0.4) is 0 Å². The number of anilines is 1. The highest BCUT2D eigenvalue weighted by molar-refractivity contribution is 5.90. The highest BCUT2D eigenvalue weighted by Crippen LogP contribution is 2.16. The molecule has 1 aromatic heterocycles. The summed E-state index contributed by atoms with van der Waals surface area (Å²) in [6.07, 6.45) is 0.870. The summed E-state index contributed by atoms with van der Waals surface area (Å²) >= 11 is 0. The molecule has 0 fully saturated rings. The van der Waals surface area contributed by atoms with Gasteiger partial charge in [0.25, 0.3) is 5.56 Å². The van der Waals surface area contributed by atoms with Crippen molar-refractivity contribution in [2.45, 2.75) is 20.3 Å². The minimum absolute atomic E-state index is 0.167. The second kappa shape index (κ2) is 7.45. The van der Waals surface area contributed by atoms with Crippen LogP contribution in [0.15, 0.2) is 29.1 Å². The van der Waals surface area contributed by atoms with Crippen molar-refractivity contribution in [1.29, 1.82) is 0 Å². The third-order valence-electron chi connectivity index (χ3n) is 2.37. The number of nitrogens with one attached hydrogen (secondary N) is 2. The van der Waals surface area contributed by atoms with Gasteiger partial charge in [-0.15, -0.1) is 0 Å². The van der Waals surface area contributed by atoms with Gasteiger partial charge in [0.1, 0.15) is 0 Å². The summed E-state index contributed by atoms with van der Waals surface area (Å²) in [6.45, 7) is 5.38. The first-order valence-electron chi connectivity index (χ1n) is 6.24. The Labute approximate surface area is 106 Å². The zero-order valence-electron chi connectivity index (χ0n) is 10.9. The number of nitrogens with zero attached hydrogens (tertiary/aromatic N) is 1. The van der Waals surface area contributed by atoms with Gasteiger partial charge in [-0.3, -0.25) is 4.79 Å². The maximum Gasteiger partial charge on any atom is 0.272 e. The van der Waals surface area contributed by atoms with Gasteiger partial charge in [0.15, 0.2) is 5.82 Å².